The van der Waals surface area contributed by atoms with E-state index in [2.05, 4.69) is 10.6 Å². The van der Waals surface area contributed by atoms with Crippen molar-refractivity contribution < 1.29 is 19.4 Å². The van der Waals surface area contributed by atoms with Crippen molar-refractivity contribution in [2.75, 3.05) is 13.7 Å². The molecule has 0 bridgehead atoms. The van der Waals surface area contributed by atoms with Crippen LogP contribution >= 0.6 is 11.6 Å². The van der Waals surface area contributed by atoms with E-state index in [0.29, 0.717) is 17.0 Å². The minimum Gasteiger partial charge on any atom is -0.497 e. The second-order valence-electron chi connectivity index (χ2n) is 6.48. The molecule has 6 nitrogen and oxygen atoms in total. The van der Waals surface area contributed by atoms with Crippen LogP contribution in [0.25, 0.3) is 0 Å². The van der Waals surface area contributed by atoms with Gasteiger partial charge in [0.15, 0.2) is 0 Å². The molecule has 0 heterocycles. The van der Waals surface area contributed by atoms with Gasteiger partial charge in [-0.25, -0.2) is 0 Å². The van der Waals surface area contributed by atoms with E-state index in [1.54, 1.807) is 50.4 Å². The monoisotopic (exact) mass is 390 g/mol. The predicted octanol–water partition coefficient (Wildman–Crippen LogP) is 2.07. The van der Waals surface area contributed by atoms with Gasteiger partial charge < -0.3 is 20.5 Å². The molecule has 0 aliphatic rings. The van der Waals surface area contributed by atoms with E-state index in [1.807, 2.05) is 12.1 Å². The molecule has 0 saturated heterocycles. The van der Waals surface area contributed by atoms with Gasteiger partial charge in [0.05, 0.1) is 12.7 Å². The van der Waals surface area contributed by atoms with Gasteiger partial charge in [-0.1, -0.05) is 41.9 Å². The summed E-state index contributed by atoms with van der Waals surface area (Å²) in [5.74, 6) is -0.867. The number of rotatable bonds is 7. The lowest BCUT2D eigenvalue weighted by atomic mass is 9.96. The molecule has 0 radical (unpaired) electrons. The Morgan fingerprint density at radius 3 is 2.33 bits per heavy atom. The lowest BCUT2D eigenvalue weighted by Crippen LogP contribution is -2.47. The second-order valence-corrected chi connectivity index (χ2v) is 6.89. The summed E-state index contributed by atoms with van der Waals surface area (Å²) in [7, 11) is 1.58. The summed E-state index contributed by atoms with van der Waals surface area (Å²) in [5.41, 5.74) is 0.401. The van der Waals surface area contributed by atoms with Crippen molar-refractivity contribution in [1.82, 2.24) is 10.6 Å². The third kappa shape index (κ3) is 6.58. The smallest absolute Gasteiger partial charge is 0.309 e. The van der Waals surface area contributed by atoms with Gasteiger partial charge in [-0.2, -0.15) is 0 Å². The quantitative estimate of drug-likeness (QED) is 0.631. The van der Waals surface area contributed by atoms with E-state index in [-0.39, 0.29) is 13.1 Å². The van der Waals surface area contributed by atoms with Crippen LogP contribution in [0.15, 0.2) is 48.5 Å². The standard InChI is InChI=1S/C20H23ClN2O4/c1-20(26,11-14-7-9-16(27-2)10-8-14)13-23-19(25)18(24)22-12-15-5-3-4-6-17(15)21/h3-10,26H,11-13H2,1-2H3,(H,22,24)(H,23,25)/t20-/m1/s1. The number of hydrogen-bond acceptors (Lipinski definition) is 4. The van der Waals surface area contributed by atoms with Gasteiger partial charge in [0.2, 0.25) is 0 Å². The Morgan fingerprint density at radius 1 is 1.07 bits per heavy atom. The number of amides is 2. The Bertz CT molecular complexity index is 791. The summed E-state index contributed by atoms with van der Waals surface area (Å²) in [6.45, 7) is 1.69. The molecule has 0 aliphatic heterocycles. The first-order chi connectivity index (χ1) is 12.8. The first-order valence-electron chi connectivity index (χ1n) is 8.45. The second kappa shape index (κ2) is 9.39. The SMILES string of the molecule is COc1ccc(C[C@@](C)(O)CNC(=O)C(=O)NCc2ccccc2Cl)cc1. The number of hydrogen-bond donors (Lipinski definition) is 3. The lowest BCUT2D eigenvalue weighted by Gasteiger charge is -2.23. The molecule has 27 heavy (non-hydrogen) atoms. The fourth-order valence-corrected chi connectivity index (χ4v) is 2.70. The highest BCUT2D eigenvalue weighted by Crippen LogP contribution is 2.17. The number of aliphatic hydroxyl groups is 1. The van der Waals surface area contributed by atoms with Gasteiger partial charge in [-0.3, -0.25) is 9.59 Å². The highest BCUT2D eigenvalue weighted by molar-refractivity contribution is 6.35. The Morgan fingerprint density at radius 2 is 1.70 bits per heavy atom. The molecule has 0 saturated carbocycles. The number of carbonyl (C=O) groups excluding carboxylic acids is 2. The van der Waals surface area contributed by atoms with Gasteiger partial charge in [-0.05, 0) is 36.2 Å². The summed E-state index contributed by atoms with van der Waals surface area (Å²) >= 11 is 6.01. The fraction of sp³-hybridized carbons (Fsp3) is 0.300. The van der Waals surface area contributed by atoms with E-state index in [1.165, 1.54) is 0 Å². The summed E-state index contributed by atoms with van der Waals surface area (Å²) < 4.78 is 5.09. The van der Waals surface area contributed by atoms with E-state index in [9.17, 15) is 14.7 Å². The van der Waals surface area contributed by atoms with Gasteiger partial charge >= 0.3 is 11.8 Å². The molecule has 7 heteroatoms. The first kappa shape index (κ1) is 20.7. The molecule has 0 spiro atoms. The molecule has 0 fully saturated rings. The molecular weight excluding hydrogens is 368 g/mol. The Kier molecular flexibility index (Phi) is 7.21. The average molecular weight is 391 g/mol. The van der Waals surface area contributed by atoms with Crippen LogP contribution in [0.4, 0.5) is 0 Å². The third-order valence-corrected chi connectivity index (χ3v) is 4.35. The molecule has 0 unspecified atom stereocenters. The Labute approximate surface area is 163 Å². The van der Waals surface area contributed by atoms with Crippen molar-refractivity contribution >= 4 is 23.4 Å². The van der Waals surface area contributed by atoms with Gasteiger partial charge in [-0.15, -0.1) is 0 Å². The van der Waals surface area contributed by atoms with Gasteiger partial charge in [0.1, 0.15) is 5.75 Å². The van der Waals surface area contributed by atoms with Crippen molar-refractivity contribution in [3.05, 3.63) is 64.7 Å². The molecule has 2 rings (SSSR count). The van der Waals surface area contributed by atoms with Gasteiger partial charge in [0, 0.05) is 24.5 Å². The van der Waals surface area contributed by atoms with Crippen molar-refractivity contribution in [2.24, 2.45) is 0 Å². The molecule has 0 aromatic heterocycles. The highest BCUT2D eigenvalue weighted by atomic mass is 35.5. The number of carbonyl (C=O) groups is 2. The van der Waals surface area contributed by atoms with Crippen LogP contribution in [0.2, 0.25) is 5.02 Å². The summed E-state index contributed by atoms with van der Waals surface area (Å²) in [6.07, 6.45) is 0.318. The van der Waals surface area contributed by atoms with Crippen LogP contribution in [0, 0.1) is 0 Å². The van der Waals surface area contributed by atoms with Crippen LogP contribution in [-0.4, -0.2) is 36.2 Å². The maximum atomic E-state index is 11.9. The van der Waals surface area contributed by atoms with Crippen molar-refractivity contribution in [3.63, 3.8) is 0 Å². The normalized spacial score (nSPS) is 12.7. The van der Waals surface area contributed by atoms with Crippen molar-refractivity contribution in [2.45, 2.75) is 25.5 Å². The van der Waals surface area contributed by atoms with Crippen LogP contribution in [-0.2, 0) is 22.6 Å². The summed E-state index contributed by atoms with van der Waals surface area (Å²) in [4.78, 5) is 23.9. The Balaban J connectivity index is 1.81. The highest BCUT2D eigenvalue weighted by Gasteiger charge is 2.24. The van der Waals surface area contributed by atoms with Crippen molar-refractivity contribution in [1.29, 1.82) is 0 Å². The predicted molar refractivity (Wildman–Crippen MR) is 104 cm³/mol. The largest absolute Gasteiger partial charge is 0.497 e. The molecule has 0 aliphatic carbocycles. The third-order valence-electron chi connectivity index (χ3n) is 3.98. The zero-order valence-corrected chi connectivity index (χ0v) is 16.0. The van der Waals surface area contributed by atoms with E-state index in [4.69, 9.17) is 16.3 Å². The zero-order chi connectivity index (χ0) is 19.9. The zero-order valence-electron chi connectivity index (χ0n) is 15.3. The van der Waals surface area contributed by atoms with Crippen LogP contribution in [0.1, 0.15) is 18.1 Å². The number of halogens is 1. The van der Waals surface area contributed by atoms with Crippen LogP contribution in [0.3, 0.4) is 0 Å². The average Bonchev–Trinajstić information content (AvgIpc) is 2.65. The van der Waals surface area contributed by atoms with E-state index in [0.717, 1.165) is 11.3 Å². The van der Waals surface area contributed by atoms with Crippen LogP contribution in [0.5, 0.6) is 5.75 Å². The van der Waals surface area contributed by atoms with E-state index < -0.39 is 17.4 Å². The molecule has 2 aromatic rings. The molecule has 144 valence electrons. The number of nitrogens with one attached hydrogen (secondary N) is 2. The number of methoxy groups -OCH3 is 1. The topological polar surface area (TPSA) is 87.7 Å². The summed E-state index contributed by atoms with van der Waals surface area (Å²) in [6, 6.07) is 14.3. The lowest BCUT2D eigenvalue weighted by molar-refractivity contribution is -0.139. The maximum absolute atomic E-state index is 11.9. The van der Waals surface area contributed by atoms with Crippen LogP contribution < -0.4 is 15.4 Å². The van der Waals surface area contributed by atoms with E-state index >= 15 is 0 Å². The maximum Gasteiger partial charge on any atom is 0.309 e. The molecular formula is C20H23ClN2O4. The summed E-state index contributed by atoms with van der Waals surface area (Å²) in [5, 5.41) is 16.0. The molecule has 2 aromatic carbocycles. The van der Waals surface area contributed by atoms with Crippen molar-refractivity contribution in [3.8, 4) is 5.75 Å². The van der Waals surface area contributed by atoms with Gasteiger partial charge in [0.25, 0.3) is 0 Å². The minimum absolute atomic E-state index is 0.0582. The molecule has 1 atom stereocenters. The fourth-order valence-electron chi connectivity index (χ4n) is 2.49. The number of ether oxygens (including phenoxy) is 1. The number of benzene rings is 2. The minimum atomic E-state index is -1.20. The first-order valence-corrected chi connectivity index (χ1v) is 8.83. The molecule has 3 N–H and O–H groups in total. The Hall–Kier alpha value is -2.57. The molecule has 2 amide bonds.